The van der Waals surface area contributed by atoms with Crippen LogP contribution in [0.3, 0.4) is 0 Å². The molecule has 0 saturated carbocycles. The molecule has 2 fully saturated rings. The number of nitrogens with one attached hydrogen (secondary N) is 1. The average Bonchev–Trinajstić information content (AvgIpc) is 2.86. The van der Waals surface area contributed by atoms with Crippen molar-refractivity contribution in [3.63, 3.8) is 0 Å². The summed E-state index contributed by atoms with van der Waals surface area (Å²) < 4.78 is 13.5. The van der Waals surface area contributed by atoms with Gasteiger partial charge in [-0.3, -0.25) is 9.69 Å². The van der Waals surface area contributed by atoms with Gasteiger partial charge in [-0.05, 0) is 29.8 Å². The summed E-state index contributed by atoms with van der Waals surface area (Å²) in [4.78, 5) is 28.9. The van der Waals surface area contributed by atoms with Crippen molar-refractivity contribution < 1.29 is 9.18 Å². The van der Waals surface area contributed by atoms with Gasteiger partial charge in [-0.25, -0.2) is 14.4 Å². The normalized spacial score (nSPS) is 18.7. The number of amides is 1. The van der Waals surface area contributed by atoms with E-state index in [-0.39, 0.29) is 17.8 Å². The van der Waals surface area contributed by atoms with Crippen LogP contribution in [-0.4, -0.2) is 78.0 Å². The number of anilines is 1. The molecule has 32 heavy (non-hydrogen) atoms. The summed E-state index contributed by atoms with van der Waals surface area (Å²) in [7, 11) is 0. The molecule has 1 aromatic heterocycles. The fraction of sp³-hybridized carbons (Fsp3) is 0.375. The number of benzene rings is 2. The van der Waals surface area contributed by atoms with Crippen molar-refractivity contribution >= 4 is 22.6 Å². The van der Waals surface area contributed by atoms with Crippen LogP contribution in [0.15, 0.2) is 54.9 Å². The number of carbonyl (C=O) groups excluding carboxylic acids is 1. The first-order chi connectivity index (χ1) is 15.7. The Labute approximate surface area is 186 Å². The van der Waals surface area contributed by atoms with Crippen molar-refractivity contribution in [2.45, 2.75) is 6.04 Å². The van der Waals surface area contributed by atoms with E-state index >= 15 is 0 Å². The summed E-state index contributed by atoms with van der Waals surface area (Å²) in [5, 5.41) is 4.37. The molecule has 0 aliphatic carbocycles. The van der Waals surface area contributed by atoms with Gasteiger partial charge in [0.1, 0.15) is 24.0 Å². The van der Waals surface area contributed by atoms with E-state index in [1.807, 2.05) is 29.2 Å². The van der Waals surface area contributed by atoms with Gasteiger partial charge in [0.15, 0.2) is 0 Å². The average molecular weight is 435 g/mol. The molecule has 1 atom stereocenters. The van der Waals surface area contributed by atoms with Crippen LogP contribution in [0.4, 0.5) is 10.2 Å². The molecule has 3 heterocycles. The lowest BCUT2D eigenvalue weighted by Gasteiger charge is -2.40. The van der Waals surface area contributed by atoms with Crippen molar-refractivity contribution in [2.24, 2.45) is 0 Å². The second-order valence-electron chi connectivity index (χ2n) is 8.27. The van der Waals surface area contributed by atoms with Gasteiger partial charge in [-0.2, -0.15) is 0 Å². The van der Waals surface area contributed by atoms with Gasteiger partial charge in [-0.15, -0.1) is 0 Å². The van der Waals surface area contributed by atoms with Crippen LogP contribution in [0.2, 0.25) is 0 Å². The van der Waals surface area contributed by atoms with Crippen LogP contribution < -0.4 is 10.2 Å². The molecule has 0 radical (unpaired) electrons. The molecule has 0 spiro atoms. The zero-order valence-electron chi connectivity index (χ0n) is 18.0. The Morgan fingerprint density at radius 1 is 0.906 bits per heavy atom. The number of rotatable bonds is 4. The van der Waals surface area contributed by atoms with E-state index in [1.54, 1.807) is 18.5 Å². The minimum Gasteiger partial charge on any atom is -0.352 e. The Bertz CT molecular complexity index is 1070. The Balaban J connectivity index is 1.34. The summed E-state index contributed by atoms with van der Waals surface area (Å²) >= 11 is 0. The first kappa shape index (κ1) is 20.8. The van der Waals surface area contributed by atoms with Crippen LogP contribution in [-0.2, 0) is 4.79 Å². The largest absolute Gasteiger partial charge is 0.352 e. The molecule has 2 aliphatic rings. The fourth-order valence-corrected chi connectivity index (χ4v) is 4.65. The van der Waals surface area contributed by atoms with E-state index in [4.69, 9.17) is 0 Å². The number of carbonyl (C=O) groups is 1. The molecule has 1 amide bonds. The predicted octanol–water partition coefficient (Wildman–Crippen LogP) is 2.06. The molecule has 166 valence electrons. The first-order valence-electron chi connectivity index (χ1n) is 11.1. The van der Waals surface area contributed by atoms with E-state index in [2.05, 4.69) is 25.1 Å². The molecule has 2 aliphatic heterocycles. The highest BCUT2D eigenvalue weighted by atomic mass is 19.1. The maximum absolute atomic E-state index is 13.7. The molecule has 5 rings (SSSR count). The number of piperazine rings is 2. The third kappa shape index (κ3) is 4.16. The number of nitrogens with zero attached hydrogens (tertiary/aromatic N) is 5. The summed E-state index contributed by atoms with van der Waals surface area (Å²) in [6, 6.07) is 14.0. The van der Waals surface area contributed by atoms with Gasteiger partial charge in [0.05, 0.1) is 5.52 Å². The number of hydrogen-bond acceptors (Lipinski definition) is 6. The number of hydrogen-bond donors (Lipinski definition) is 1. The molecule has 1 N–H and O–H groups in total. The van der Waals surface area contributed by atoms with Gasteiger partial charge in [0.2, 0.25) is 5.91 Å². The standard InChI is InChI=1S/C24H27FN6O/c25-19-7-5-18(6-8-19)22(29-11-9-26-10-12-29)24(32)31-15-13-30(14-16-31)23-20-3-1-2-4-21(20)27-17-28-23/h1-8,17,22,26H,9-16H2. The van der Waals surface area contributed by atoms with Gasteiger partial charge in [0, 0.05) is 57.7 Å². The first-order valence-corrected chi connectivity index (χ1v) is 11.1. The highest BCUT2D eigenvalue weighted by molar-refractivity contribution is 5.89. The zero-order chi connectivity index (χ0) is 21.9. The van der Waals surface area contributed by atoms with Gasteiger partial charge in [0.25, 0.3) is 0 Å². The SMILES string of the molecule is O=C(C(c1ccc(F)cc1)N1CCNCC1)N1CCN(c2ncnc3ccccc23)CC1. The van der Waals surface area contributed by atoms with Crippen LogP contribution in [0.5, 0.6) is 0 Å². The molecule has 0 bridgehead atoms. The quantitative estimate of drug-likeness (QED) is 0.678. The summed E-state index contributed by atoms with van der Waals surface area (Å²) in [5.41, 5.74) is 1.77. The topological polar surface area (TPSA) is 64.6 Å². The predicted molar refractivity (Wildman–Crippen MR) is 122 cm³/mol. The van der Waals surface area contributed by atoms with Crippen molar-refractivity contribution in [1.29, 1.82) is 0 Å². The van der Waals surface area contributed by atoms with Crippen molar-refractivity contribution in [1.82, 2.24) is 25.1 Å². The van der Waals surface area contributed by atoms with E-state index in [9.17, 15) is 9.18 Å². The minimum atomic E-state index is -0.385. The van der Waals surface area contributed by atoms with Crippen molar-refractivity contribution in [2.75, 3.05) is 57.3 Å². The van der Waals surface area contributed by atoms with Crippen LogP contribution in [0.25, 0.3) is 10.9 Å². The monoisotopic (exact) mass is 434 g/mol. The van der Waals surface area contributed by atoms with Gasteiger partial charge >= 0.3 is 0 Å². The Kier molecular flexibility index (Phi) is 5.96. The number of para-hydroxylation sites is 1. The number of halogens is 1. The second kappa shape index (κ2) is 9.18. The van der Waals surface area contributed by atoms with E-state index in [1.165, 1.54) is 12.1 Å². The lowest BCUT2D eigenvalue weighted by atomic mass is 10.0. The Morgan fingerprint density at radius 3 is 2.38 bits per heavy atom. The molecular formula is C24H27FN6O. The molecule has 3 aromatic rings. The third-order valence-corrected chi connectivity index (χ3v) is 6.35. The highest BCUT2D eigenvalue weighted by Crippen LogP contribution is 2.27. The highest BCUT2D eigenvalue weighted by Gasteiger charge is 2.34. The summed E-state index contributed by atoms with van der Waals surface area (Å²) in [5.74, 6) is 0.719. The van der Waals surface area contributed by atoms with Crippen molar-refractivity contribution in [3.8, 4) is 0 Å². The smallest absolute Gasteiger partial charge is 0.244 e. The van der Waals surface area contributed by atoms with Crippen molar-refractivity contribution in [3.05, 3.63) is 66.2 Å². The minimum absolute atomic E-state index is 0.0886. The molecular weight excluding hydrogens is 407 g/mol. The zero-order valence-corrected chi connectivity index (χ0v) is 18.0. The van der Waals surface area contributed by atoms with E-state index in [0.717, 1.165) is 48.5 Å². The summed E-state index contributed by atoms with van der Waals surface area (Å²) in [6.45, 7) is 5.96. The maximum Gasteiger partial charge on any atom is 0.244 e. The lowest BCUT2D eigenvalue weighted by Crippen LogP contribution is -2.54. The van der Waals surface area contributed by atoms with Gasteiger partial charge in [-0.1, -0.05) is 24.3 Å². The third-order valence-electron chi connectivity index (χ3n) is 6.35. The van der Waals surface area contributed by atoms with Gasteiger partial charge < -0.3 is 15.1 Å². The van der Waals surface area contributed by atoms with Crippen LogP contribution in [0.1, 0.15) is 11.6 Å². The number of fused-ring (bicyclic) bond motifs is 1. The molecule has 1 unspecified atom stereocenters. The van der Waals surface area contributed by atoms with E-state index in [0.29, 0.717) is 26.2 Å². The second-order valence-corrected chi connectivity index (χ2v) is 8.27. The summed E-state index contributed by atoms with van der Waals surface area (Å²) in [6.07, 6.45) is 1.60. The Hall–Kier alpha value is -3.10. The molecule has 7 nitrogen and oxygen atoms in total. The lowest BCUT2D eigenvalue weighted by molar-refractivity contribution is -0.138. The number of aromatic nitrogens is 2. The molecule has 8 heteroatoms. The molecule has 2 saturated heterocycles. The van der Waals surface area contributed by atoms with Crippen LogP contribution in [0, 0.1) is 5.82 Å². The fourth-order valence-electron chi connectivity index (χ4n) is 4.65. The van der Waals surface area contributed by atoms with E-state index < -0.39 is 0 Å². The maximum atomic E-state index is 13.7. The Morgan fingerprint density at radius 2 is 1.62 bits per heavy atom. The van der Waals surface area contributed by atoms with Crippen LogP contribution >= 0.6 is 0 Å². The molecule has 2 aromatic carbocycles.